The van der Waals surface area contributed by atoms with Crippen LogP contribution in [0.25, 0.3) is 0 Å². The van der Waals surface area contributed by atoms with Gasteiger partial charge in [-0.05, 0) is 36.1 Å². The third kappa shape index (κ3) is 4.76. The Morgan fingerprint density at radius 1 is 1.14 bits per heavy atom. The summed E-state index contributed by atoms with van der Waals surface area (Å²) in [7, 11) is 1.32. The van der Waals surface area contributed by atoms with Crippen LogP contribution in [-0.2, 0) is 9.53 Å². The highest BCUT2D eigenvalue weighted by Gasteiger charge is 2.24. The van der Waals surface area contributed by atoms with Crippen LogP contribution < -0.4 is 5.32 Å². The number of piperazine rings is 1. The quantitative estimate of drug-likeness (QED) is 0.778. The highest BCUT2D eigenvalue weighted by Crippen LogP contribution is 2.18. The fraction of sp³-hybridized carbons (Fsp3) is 0.350. The van der Waals surface area contributed by atoms with Crippen molar-refractivity contribution in [3.05, 3.63) is 51.7 Å². The number of rotatable bonds is 5. The molecule has 0 radical (unpaired) electrons. The van der Waals surface area contributed by atoms with E-state index in [0.29, 0.717) is 37.4 Å². The van der Waals surface area contributed by atoms with Gasteiger partial charge in [0.15, 0.2) is 0 Å². The van der Waals surface area contributed by atoms with Crippen molar-refractivity contribution in [3.8, 4) is 0 Å². The van der Waals surface area contributed by atoms with Crippen LogP contribution in [0.3, 0.4) is 0 Å². The Labute approximate surface area is 167 Å². The van der Waals surface area contributed by atoms with E-state index in [1.807, 2.05) is 34.2 Å². The summed E-state index contributed by atoms with van der Waals surface area (Å²) in [4.78, 5) is 41.1. The zero-order chi connectivity index (χ0) is 20.1. The van der Waals surface area contributed by atoms with Crippen molar-refractivity contribution in [1.29, 1.82) is 0 Å². The van der Waals surface area contributed by atoms with E-state index in [-0.39, 0.29) is 18.4 Å². The molecule has 148 valence electrons. The van der Waals surface area contributed by atoms with Gasteiger partial charge >= 0.3 is 5.97 Å². The van der Waals surface area contributed by atoms with Gasteiger partial charge < -0.3 is 15.0 Å². The molecule has 1 saturated heterocycles. The molecule has 0 unspecified atom stereocenters. The van der Waals surface area contributed by atoms with E-state index in [4.69, 9.17) is 4.74 Å². The number of anilines is 1. The highest BCUT2D eigenvalue weighted by molar-refractivity contribution is 7.12. The number of aryl methyl sites for hydroxylation is 1. The molecule has 2 amide bonds. The van der Waals surface area contributed by atoms with Gasteiger partial charge in [0.05, 0.1) is 24.1 Å². The lowest BCUT2D eigenvalue weighted by Crippen LogP contribution is -2.50. The molecule has 0 bridgehead atoms. The molecule has 1 N–H and O–H groups in total. The van der Waals surface area contributed by atoms with Gasteiger partial charge in [0.25, 0.3) is 5.91 Å². The van der Waals surface area contributed by atoms with E-state index in [1.165, 1.54) is 18.4 Å². The average Bonchev–Trinajstić information content (AvgIpc) is 3.24. The number of amides is 2. The zero-order valence-corrected chi connectivity index (χ0v) is 16.8. The van der Waals surface area contributed by atoms with Gasteiger partial charge in [-0.25, -0.2) is 4.79 Å². The molecular weight excluding hydrogens is 378 g/mol. The lowest BCUT2D eigenvalue weighted by atomic mass is 10.1. The second-order valence-corrected chi connectivity index (χ2v) is 7.56. The number of hydrogen-bond donors (Lipinski definition) is 1. The average molecular weight is 401 g/mol. The van der Waals surface area contributed by atoms with Gasteiger partial charge in [0.2, 0.25) is 5.91 Å². The van der Waals surface area contributed by atoms with Crippen LogP contribution in [0, 0.1) is 6.92 Å². The summed E-state index contributed by atoms with van der Waals surface area (Å²) < 4.78 is 4.72. The molecule has 1 fully saturated rings. The van der Waals surface area contributed by atoms with E-state index in [1.54, 1.807) is 18.2 Å². The van der Waals surface area contributed by atoms with Crippen LogP contribution in [0.5, 0.6) is 0 Å². The first-order valence-corrected chi connectivity index (χ1v) is 9.90. The van der Waals surface area contributed by atoms with Gasteiger partial charge in [-0.1, -0.05) is 12.1 Å². The van der Waals surface area contributed by atoms with E-state index in [0.717, 1.165) is 10.4 Å². The van der Waals surface area contributed by atoms with E-state index >= 15 is 0 Å². The van der Waals surface area contributed by atoms with Crippen LogP contribution >= 0.6 is 11.3 Å². The Kier molecular flexibility index (Phi) is 6.43. The predicted octanol–water partition coefficient (Wildman–Crippen LogP) is 2.24. The second kappa shape index (κ2) is 8.99. The predicted molar refractivity (Wildman–Crippen MR) is 108 cm³/mol. The topological polar surface area (TPSA) is 79.0 Å². The van der Waals surface area contributed by atoms with E-state index in [2.05, 4.69) is 5.32 Å². The third-order valence-electron chi connectivity index (χ3n) is 4.69. The third-order valence-corrected chi connectivity index (χ3v) is 5.55. The lowest BCUT2D eigenvalue weighted by molar-refractivity contribution is -0.117. The van der Waals surface area contributed by atoms with Crippen molar-refractivity contribution < 1.29 is 19.1 Å². The van der Waals surface area contributed by atoms with Gasteiger partial charge in [-0.3, -0.25) is 14.5 Å². The second-order valence-electron chi connectivity index (χ2n) is 6.62. The molecule has 0 aliphatic carbocycles. The molecule has 1 aromatic heterocycles. The molecule has 0 atom stereocenters. The smallest absolute Gasteiger partial charge is 0.337 e. The molecule has 7 nitrogen and oxygen atoms in total. The maximum Gasteiger partial charge on any atom is 0.337 e. The summed E-state index contributed by atoms with van der Waals surface area (Å²) in [5, 5.41) is 4.76. The van der Waals surface area contributed by atoms with Crippen LogP contribution in [0.1, 0.15) is 25.6 Å². The Balaban J connectivity index is 1.52. The first-order valence-electron chi connectivity index (χ1n) is 9.02. The zero-order valence-electron chi connectivity index (χ0n) is 15.9. The highest BCUT2D eigenvalue weighted by atomic mass is 32.1. The number of esters is 1. The Hall–Kier alpha value is -2.71. The SMILES string of the molecule is COC(=O)c1ccc(C)c(NC(=O)CN2CCN(C(=O)c3cccs3)CC2)c1. The molecule has 2 aromatic rings. The van der Waals surface area contributed by atoms with E-state index < -0.39 is 5.97 Å². The number of nitrogens with one attached hydrogen (secondary N) is 1. The molecule has 0 spiro atoms. The number of thiophene rings is 1. The van der Waals surface area contributed by atoms with Crippen molar-refractivity contribution in [1.82, 2.24) is 9.80 Å². The summed E-state index contributed by atoms with van der Waals surface area (Å²) >= 11 is 1.44. The molecule has 1 aliphatic rings. The van der Waals surface area contributed by atoms with Gasteiger partial charge in [-0.2, -0.15) is 0 Å². The number of ether oxygens (including phenoxy) is 1. The van der Waals surface area contributed by atoms with Crippen LogP contribution in [0.2, 0.25) is 0 Å². The fourth-order valence-electron chi connectivity index (χ4n) is 3.06. The lowest BCUT2D eigenvalue weighted by Gasteiger charge is -2.34. The van der Waals surface area contributed by atoms with Gasteiger partial charge in [0, 0.05) is 31.9 Å². The number of hydrogen-bond acceptors (Lipinski definition) is 6. The molecule has 2 heterocycles. The maximum absolute atomic E-state index is 12.4. The summed E-state index contributed by atoms with van der Waals surface area (Å²) in [5.41, 5.74) is 1.86. The first kappa shape index (κ1) is 20.0. The van der Waals surface area contributed by atoms with Gasteiger partial charge in [-0.15, -0.1) is 11.3 Å². The minimum absolute atomic E-state index is 0.0503. The van der Waals surface area contributed by atoms with Crippen LogP contribution in [-0.4, -0.2) is 67.4 Å². The molecule has 0 saturated carbocycles. The molecule has 3 rings (SSSR count). The fourth-order valence-corrected chi connectivity index (χ4v) is 3.75. The van der Waals surface area contributed by atoms with Crippen molar-refractivity contribution >= 4 is 34.8 Å². The van der Waals surface area contributed by atoms with E-state index in [9.17, 15) is 14.4 Å². The van der Waals surface area contributed by atoms with Crippen LogP contribution in [0.4, 0.5) is 5.69 Å². The van der Waals surface area contributed by atoms with Crippen molar-refractivity contribution in [3.63, 3.8) is 0 Å². The number of carbonyl (C=O) groups excluding carboxylic acids is 3. The largest absolute Gasteiger partial charge is 0.465 e. The standard InChI is InChI=1S/C20H23N3O4S/c1-14-5-6-15(20(26)27-2)12-16(14)21-18(24)13-22-7-9-23(10-8-22)19(25)17-4-3-11-28-17/h3-6,11-12H,7-10,13H2,1-2H3,(H,21,24). The Bertz CT molecular complexity index is 858. The first-order chi connectivity index (χ1) is 13.5. The summed E-state index contributed by atoms with van der Waals surface area (Å²) in [6.07, 6.45) is 0. The number of benzene rings is 1. The summed E-state index contributed by atoms with van der Waals surface area (Å²) in [6.45, 7) is 4.59. The number of nitrogens with zero attached hydrogens (tertiary/aromatic N) is 2. The molecule has 28 heavy (non-hydrogen) atoms. The molecule has 1 aliphatic heterocycles. The minimum atomic E-state index is -0.443. The normalized spacial score (nSPS) is 14.6. The Morgan fingerprint density at radius 3 is 2.54 bits per heavy atom. The summed E-state index contributed by atoms with van der Waals surface area (Å²) in [6, 6.07) is 8.77. The number of carbonyl (C=O) groups is 3. The van der Waals surface area contributed by atoms with Crippen molar-refractivity contribution in [2.45, 2.75) is 6.92 Å². The Morgan fingerprint density at radius 2 is 1.89 bits per heavy atom. The summed E-state index contributed by atoms with van der Waals surface area (Å²) in [5.74, 6) is -0.542. The maximum atomic E-state index is 12.4. The molecule has 8 heteroatoms. The monoisotopic (exact) mass is 401 g/mol. The number of methoxy groups -OCH3 is 1. The van der Waals surface area contributed by atoms with Crippen molar-refractivity contribution in [2.75, 3.05) is 45.2 Å². The van der Waals surface area contributed by atoms with Crippen LogP contribution in [0.15, 0.2) is 35.7 Å². The molecule has 1 aromatic carbocycles. The minimum Gasteiger partial charge on any atom is -0.465 e. The van der Waals surface area contributed by atoms with Gasteiger partial charge in [0.1, 0.15) is 0 Å². The van der Waals surface area contributed by atoms with Crippen molar-refractivity contribution in [2.24, 2.45) is 0 Å². The molecular formula is C20H23N3O4S.